The fourth-order valence-corrected chi connectivity index (χ4v) is 4.09. The number of ether oxygens (including phenoxy) is 1. The standard InChI is InChI=1S/C18H23N3O2S/c1-12(2)11-15-20-21-17(24-15)19-16(22)18(9-6-10-18)13-7-4-5-8-14(13)23-3/h4-5,7-8,12H,6,9-11H2,1-3H3,(H,19,21,22). The van der Waals surface area contributed by atoms with Crippen molar-refractivity contribution >= 4 is 22.4 Å². The van der Waals surface area contributed by atoms with Crippen LogP contribution in [0.25, 0.3) is 0 Å². The molecule has 0 bridgehead atoms. The van der Waals surface area contributed by atoms with Crippen molar-refractivity contribution in [2.24, 2.45) is 5.92 Å². The van der Waals surface area contributed by atoms with Crippen LogP contribution in [0.5, 0.6) is 5.75 Å². The monoisotopic (exact) mass is 345 g/mol. The summed E-state index contributed by atoms with van der Waals surface area (Å²) in [5, 5.41) is 12.8. The molecule has 1 N–H and O–H groups in total. The molecule has 0 saturated heterocycles. The number of methoxy groups -OCH3 is 1. The SMILES string of the molecule is COc1ccccc1C1(C(=O)Nc2nnc(CC(C)C)s2)CCC1. The second kappa shape index (κ2) is 6.89. The average Bonchev–Trinajstić information content (AvgIpc) is 2.93. The van der Waals surface area contributed by atoms with E-state index in [0.29, 0.717) is 11.0 Å². The molecule has 1 saturated carbocycles. The third kappa shape index (κ3) is 3.15. The van der Waals surface area contributed by atoms with Gasteiger partial charge in [-0.3, -0.25) is 10.1 Å². The Balaban J connectivity index is 1.81. The maximum absolute atomic E-state index is 13.0. The largest absolute Gasteiger partial charge is 0.496 e. The van der Waals surface area contributed by atoms with Gasteiger partial charge in [0.15, 0.2) is 0 Å². The van der Waals surface area contributed by atoms with E-state index >= 15 is 0 Å². The second-order valence-corrected chi connectivity index (χ2v) is 7.75. The number of hydrogen-bond donors (Lipinski definition) is 1. The van der Waals surface area contributed by atoms with E-state index in [-0.39, 0.29) is 5.91 Å². The fourth-order valence-electron chi connectivity index (χ4n) is 3.14. The predicted molar refractivity (Wildman–Crippen MR) is 95.6 cm³/mol. The van der Waals surface area contributed by atoms with Gasteiger partial charge in [0.25, 0.3) is 0 Å². The average molecular weight is 345 g/mol. The zero-order valence-electron chi connectivity index (χ0n) is 14.3. The van der Waals surface area contributed by atoms with Crippen molar-refractivity contribution in [3.05, 3.63) is 34.8 Å². The van der Waals surface area contributed by atoms with Gasteiger partial charge in [-0.25, -0.2) is 0 Å². The minimum atomic E-state index is -0.517. The molecule has 2 aromatic rings. The minimum absolute atomic E-state index is 0.00880. The topological polar surface area (TPSA) is 64.1 Å². The maximum atomic E-state index is 13.0. The number of nitrogens with one attached hydrogen (secondary N) is 1. The number of carbonyl (C=O) groups excluding carboxylic acids is 1. The number of aromatic nitrogens is 2. The summed E-state index contributed by atoms with van der Waals surface area (Å²) in [6.07, 6.45) is 3.58. The summed E-state index contributed by atoms with van der Waals surface area (Å²) in [6, 6.07) is 7.78. The molecule has 1 fully saturated rings. The lowest BCUT2D eigenvalue weighted by Crippen LogP contribution is -2.46. The molecule has 0 atom stereocenters. The van der Waals surface area contributed by atoms with E-state index in [1.807, 2.05) is 24.3 Å². The lowest BCUT2D eigenvalue weighted by atomic mass is 9.63. The quantitative estimate of drug-likeness (QED) is 0.865. The van der Waals surface area contributed by atoms with Crippen LogP contribution in [0, 0.1) is 5.92 Å². The van der Waals surface area contributed by atoms with Crippen molar-refractivity contribution in [3.8, 4) is 5.75 Å². The van der Waals surface area contributed by atoms with Crippen LogP contribution in [0.1, 0.15) is 43.7 Å². The highest BCUT2D eigenvalue weighted by atomic mass is 32.1. The number of anilines is 1. The van der Waals surface area contributed by atoms with E-state index in [4.69, 9.17) is 4.74 Å². The van der Waals surface area contributed by atoms with Gasteiger partial charge < -0.3 is 4.74 Å². The lowest BCUT2D eigenvalue weighted by Gasteiger charge is -2.41. The van der Waals surface area contributed by atoms with Crippen LogP contribution < -0.4 is 10.1 Å². The van der Waals surface area contributed by atoms with Gasteiger partial charge in [0, 0.05) is 12.0 Å². The van der Waals surface area contributed by atoms with Crippen molar-refractivity contribution in [1.82, 2.24) is 10.2 Å². The Morgan fingerprint density at radius 3 is 2.71 bits per heavy atom. The van der Waals surface area contributed by atoms with Gasteiger partial charge in [-0.15, -0.1) is 10.2 Å². The van der Waals surface area contributed by atoms with Crippen LogP contribution >= 0.6 is 11.3 Å². The van der Waals surface area contributed by atoms with E-state index in [1.165, 1.54) is 11.3 Å². The van der Waals surface area contributed by atoms with Gasteiger partial charge in [-0.1, -0.05) is 49.8 Å². The van der Waals surface area contributed by atoms with Gasteiger partial charge in [0.05, 0.1) is 12.5 Å². The summed E-state index contributed by atoms with van der Waals surface area (Å²) in [5.41, 5.74) is 0.444. The summed E-state index contributed by atoms with van der Waals surface area (Å²) >= 11 is 1.46. The Morgan fingerprint density at radius 1 is 1.33 bits per heavy atom. The molecule has 1 aromatic heterocycles. The minimum Gasteiger partial charge on any atom is -0.496 e. The first-order valence-corrected chi connectivity index (χ1v) is 9.14. The predicted octanol–water partition coefficient (Wildman–Crippen LogP) is 3.81. The highest BCUT2D eigenvalue weighted by Gasteiger charge is 2.47. The summed E-state index contributed by atoms with van der Waals surface area (Å²) in [6.45, 7) is 4.29. The number of hydrogen-bond acceptors (Lipinski definition) is 5. The third-order valence-electron chi connectivity index (χ3n) is 4.53. The molecule has 6 heteroatoms. The van der Waals surface area contributed by atoms with Gasteiger partial charge in [0.1, 0.15) is 10.8 Å². The number of rotatable bonds is 6. The highest BCUT2D eigenvalue weighted by Crippen LogP contribution is 2.47. The summed E-state index contributed by atoms with van der Waals surface area (Å²) < 4.78 is 5.47. The van der Waals surface area contributed by atoms with Gasteiger partial charge in [-0.05, 0) is 24.8 Å². The molecule has 5 nitrogen and oxygen atoms in total. The molecule has 0 aliphatic heterocycles. The smallest absolute Gasteiger partial charge is 0.236 e. The Kier molecular flexibility index (Phi) is 4.85. The Labute approximate surface area is 146 Å². The molecule has 128 valence electrons. The zero-order valence-corrected chi connectivity index (χ0v) is 15.2. The van der Waals surface area contributed by atoms with Gasteiger partial charge in [0.2, 0.25) is 11.0 Å². The van der Waals surface area contributed by atoms with Crippen LogP contribution in [-0.2, 0) is 16.6 Å². The van der Waals surface area contributed by atoms with Crippen LogP contribution in [-0.4, -0.2) is 23.2 Å². The Bertz CT molecular complexity index is 723. The number of carbonyl (C=O) groups is 1. The first-order valence-electron chi connectivity index (χ1n) is 8.32. The second-order valence-electron chi connectivity index (χ2n) is 6.69. The molecule has 1 aliphatic carbocycles. The maximum Gasteiger partial charge on any atom is 0.236 e. The Morgan fingerprint density at radius 2 is 2.08 bits per heavy atom. The van der Waals surface area contributed by atoms with E-state index < -0.39 is 5.41 Å². The van der Waals surface area contributed by atoms with Crippen LogP contribution in [0.4, 0.5) is 5.13 Å². The van der Waals surface area contributed by atoms with Crippen molar-refractivity contribution in [2.75, 3.05) is 12.4 Å². The van der Waals surface area contributed by atoms with Crippen molar-refractivity contribution in [2.45, 2.75) is 44.9 Å². The number of amides is 1. The zero-order chi connectivity index (χ0) is 17.2. The first-order chi connectivity index (χ1) is 11.5. The van der Waals surface area contributed by atoms with Crippen molar-refractivity contribution in [3.63, 3.8) is 0 Å². The van der Waals surface area contributed by atoms with E-state index in [1.54, 1.807) is 7.11 Å². The van der Waals surface area contributed by atoms with E-state index in [9.17, 15) is 4.79 Å². The van der Waals surface area contributed by atoms with Crippen LogP contribution in [0.15, 0.2) is 24.3 Å². The van der Waals surface area contributed by atoms with Crippen LogP contribution in [0.2, 0.25) is 0 Å². The Hall–Kier alpha value is -1.95. The molecule has 1 aromatic carbocycles. The lowest BCUT2D eigenvalue weighted by molar-refractivity contribution is -0.124. The molecule has 0 unspecified atom stereocenters. The molecule has 0 spiro atoms. The van der Waals surface area contributed by atoms with Crippen molar-refractivity contribution in [1.29, 1.82) is 0 Å². The highest BCUT2D eigenvalue weighted by molar-refractivity contribution is 7.15. The summed E-state index contributed by atoms with van der Waals surface area (Å²) in [7, 11) is 1.64. The van der Waals surface area contributed by atoms with E-state index in [0.717, 1.165) is 42.0 Å². The number of nitrogens with zero attached hydrogens (tertiary/aromatic N) is 2. The normalized spacial score (nSPS) is 15.8. The fraction of sp³-hybridized carbons (Fsp3) is 0.500. The van der Waals surface area contributed by atoms with Gasteiger partial charge in [-0.2, -0.15) is 0 Å². The molecular formula is C18H23N3O2S. The summed E-state index contributed by atoms with van der Waals surface area (Å²) in [5.74, 6) is 1.28. The third-order valence-corrected chi connectivity index (χ3v) is 5.40. The first kappa shape index (κ1) is 16.9. The summed E-state index contributed by atoms with van der Waals surface area (Å²) in [4.78, 5) is 13.0. The molecular weight excluding hydrogens is 322 g/mol. The van der Waals surface area contributed by atoms with Crippen LogP contribution in [0.3, 0.4) is 0 Å². The molecule has 3 rings (SSSR count). The van der Waals surface area contributed by atoms with E-state index in [2.05, 4.69) is 29.4 Å². The molecule has 0 radical (unpaired) electrons. The molecule has 1 aliphatic rings. The molecule has 24 heavy (non-hydrogen) atoms. The molecule has 1 heterocycles. The van der Waals surface area contributed by atoms with Gasteiger partial charge >= 0.3 is 0 Å². The molecule has 1 amide bonds. The van der Waals surface area contributed by atoms with Crippen molar-refractivity contribution < 1.29 is 9.53 Å². The number of benzene rings is 1. The number of para-hydroxylation sites is 1.